The molecule has 0 aliphatic carbocycles. The normalized spacial score (nSPS) is 17.9. The third kappa shape index (κ3) is 3.65. The standard InChI is InChI=1S/C14H16FN3S/c1-2-13(11-3-5-12(15)6-4-11)17-14(16)18-7-9-19-10-8-18/h1,3-6,13H,7-10H2,(H2,16,17). The molecule has 0 saturated carbocycles. The Hall–Kier alpha value is -1.67. The summed E-state index contributed by atoms with van der Waals surface area (Å²) in [7, 11) is 0. The van der Waals surface area contributed by atoms with Crippen LogP contribution in [-0.2, 0) is 0 Å². The van der Waals surface area contributed by atoms with E-state index in [0.717, 1.165) is 30.2 Å². The molecule has 5 heteroatoms. The van der Waals surface area contributed by atoms with E-state index in [4.69, 9.17) is 12.2 Å². The molecule has 1 unspecified atom stereocenters. The molecule has 1 atom stereocenters. The van der Waals surface area contributed by atoms with Gasteiger partial charge in [0, 0.05) is 24.6 Å². The molecular formula is C14H16FN3S. The molecule has 1 aromatic rings. The molecule has 1 heterocycles. The lowest BCUT2D eigenvalue weighted by atomic mass is 10.1. The molecule has 1 aliphatic heterocycles. The Bertz CT molecular complexity index is 486. The van der Waals surface area contributed by atoms with Gasteiger partial charge in [0.1, 0.15) is 11.9 Å². The van der Waals surface area contributed by atoms with Crippen LogP contribution in [0.4, 0.5) is 4.39 Å². The molecule has 1 saturated heterocycles. The molecule has 2 rings (SSSR count). The summed E-state index contributed by atoms with van der Waals surface area (Å²) in [6.07, 6.45) is 5.49. The van der Waals surface area contributed by atoms with E-state index >= 15 is 0 Å². The molecule has 2 N–H and O–H groups in total. The fourth-order valence-electron chi connectivity index (χ4n) is 1.86. The summed E-state index contributed by atoms with van der Waals surface area (Å²) in [5.41, 5.74) is 6.77. The minimum Gasteiger partial charge on any atom is -0.370 e. The predicted octanol–water partition coefficient (Wildman–Crippen LogP) is 1.86. The molecule has 3 nitrogen and oxygen atoms in total. The summed E-state index contributed by atoms with van der Waals surface area (Å²) in [5, 5.41) is 0. The Balaban J connectivity index is 2.13. The topological polar surface area (TPSA) is 41.6 Å². The number of thioether (sulfide) groups is 1. The van der Waals surface area contributed by atoms with E-state index in [1.54, 1.807) is 12.1 Å². The highest BCUT2D eigenvalue weighted by Crippen LogP contribution is 2.18. The summed E-state index contributed by atoms with van der Waals surface area (Å²) >= 11 is 1.90. The van der Waals surface area contributed by atoms with Crippen LogP contribution < -0.4 is 5.73 Å². The molecule has 0 bridgehead atoms. The number of halogens is 1. The summed E-state index contributed by atoms with van der Waals surface area (Å²) in [6, 6.07) is 5.58. The van der Waals surface area contributed by atoms with Gasteiger partial charge in [0.2, 0.25) is 0 Å². The van der Waals surface area contributed by atoms with Gasteiger partial charge < -0.3 is 10.6 Å². The van der Waals surface area contributed by atoms with E-state index in [-0.39, 0.29) is 5.82 Å². The third-order valence-corrected chi connectivity index (χ3v) is 3.88. The maximum atomic E-state index is 12.9. The zero-order valence-electron chi connectivity index (χ0n) is 10.6. The van der Waals surface area contributed by atoms with Crippen LogP contribution in [0.15, 0.2) is 29.3 Å². The maximum Gasteiger partial charge on any atom is 0.192 e. The third-order valence-electron chi connectivity index (χ3n) is 2.94. The van der Waals surface area contributed by atoms with E-state index in [1.807, 2.05) is 16.7 Å². The number of rotatable bonds is 2. The monoisotopic (exact) mass is 277 g/mol. The molecule has 1 fully saturated rings. The first-order valence-corrected chi connectivity index (χ1v) is 7.23. The number of hydrogen-bond donors (Lipinski definition) is 1. The minimum absolute atomic E-state index is 0.287. The van der Waals surface area contributed by atoms with E-state index in [2.05, 4.69) is 10.9 Å². The van der Waals surface area contributed by atoms with E-state index in [0.29, 0.717) is 5.96 Å². The van der Waals surface area contributed by atoms with Gasteiger partial charge in [0.05, 0.1) is 0 Å². The summed E-state index contributed by atoms with van der Waals surface area (Å²) < 4.78 is 12.9. The van der Waals surface area contributed by atoms with Gasteiger partial charge in [-0.3, -0.25) is 0 Å². The molecule has 1 aromatic carbocycles. The molecule has 1 aliphatic rings. The van der Waals surface area contributed by atoms with Crippen LogP contribution in [0.2, 0.25) is 0 Å². The maximum absolute atomic E-state index is 12.9. The molecule has 0 aromatic heterocycles. The lowest BCUT2D eigenvalue weighted by Crippen LogP contribution is -2.42. The van der Waals surface area contributed by atoms with Gasteiger partial charge >= 0.3 is 0 Å². The van der Waals surface area contributed by atoms with Crippen molar-refractivity contribution in [1.82, 2.24) is 4.90 Å². The second kappa shape index (κ2) is 6.48. The number of aliphatic imine (C=N–C) groups is 1. The predicted molar refractivity (Wildman–Crippen MR) is 78.5 cm³/mol. The average molecular weight is 277 g/mol. The van der Waals surface area contributed by atoms with Gasteiger partial charge in [0.25, 0.3) is 0 Å². The van der Waals surface area contributed by atoms with Crippen molar-refractivity contribution in [1.29, 1.82) is 0 Å². The van der Waals surface area contributed by atoms with Gasteiger partial charge in [0.15, 0.2) is 5.96 Å². The van der Waals surface area contributed by atoms with Crippen molar-refractivity contribution in [3.05, 3.63) is 35.6 Å². The number of guanidine groups is 1. The summed E-state index contributed by atoms with van der Waals surface area (Å²) in [4.78, 5) is 6.40. The zero-order valence-corrected chi connectivity index (χ0v) is 11.4. The SMILES string of the molecule is C#CC(N=C(N)N1CCSCC1)c1ccc(F)cc1. The Morgan fingerprint density at radius 3 is 2.58 bits per heavy atom. The Morgan fingerprint density at radius 1 is 1.37 bits per heavy atom. The first kappa shape index (κ1) is 13.8. The van der Waals surface area contributed by atoms with Gasteiger partial charge in [-0.15, -0.1) is 6.42 Å². The zero-order chi connectivity index (χ0) is 13.7. The molecule has 0 amide bonds. The van der Waals surface area contributed by atoms with Crippen molar-refractivity contribution in [3.8, 4) is 12.3 Å². The number of terminal acetylenes is 1. The Morgan fingerprint density at radius 2 is 2.00 bits per heavy atom. The van der Waals surface area contributed by atoms with Gasteiger partial charge in [-0.25, -0.2) is 9.38 Å². The van der Waals surface area contributed by atoms with Crippen molar-refractivity contribution >= 4 is 17.7 Å². The second-order valence-corrected chi connectivity index (χ2v) is 5.43. The Kier molecular flexibility index (Phi) is 4.69. The van der Waals surface area contributed by atoms with Crippen LogP contribution in [0.5, 0.6) is 0 Å². The average Bonchev–Trinajstić information content (AvgIpc) is 2.46. The van der Waals surface area contributed by atoms with E-state index in [9.17, 15) is 4.39 Å². The van der Waals surface area contributed by atoms with Gasteiger partial charge in [-0.2, -0.15) is 11.8 Å². The van der Waals surface area contributed by atoms with Crippen LogP contribution in [0, 0.1) is 18.2 Å². The smallest absolute Gasteiger partial charge is 0.192 e. The van der Waals surface area contributed by atoms with Gasteiger partial charge in [-0.1, -0.05) is 18.1 Å². The first-order chi connectivity index (χ1) is 9.20. The number of nitrogens with two attached hydrogens (primary N) is 1. The molecular weight excluding hydrogens is 261 g/mol. The highest BCUT2D eigenvalue weighted by Gasteiger charge is 2.14. The van der Waals surface area contributed by atoms with Crippen LogP contribution in [0.1, 0.15) is 11.6 Å². The van der Waals surface area contributed by atoms with Crippen molar-refractivity contribution in [3.63, 3.8) is 0 Å². The lowest BCUT2D eigenvalue weighted by Gasteiger charge is -2.27. The highest BCUT2D eigenvalue weighted by molar-refractivity contribution is 7.99. The number of nitrogens with zero attached hydrogens (tertiary/aromatic N) is 2. The fraction of sp³-hybridized carbons (Fsp3) is 0.357. The number of benzene rings is 1. The largest absolute Gasteiger partial charge is 0.370 e. The second-order valence-electron chi connectivity index (χ2n) is 4.21. The van der Waals surface area contributed by atoms with Crippen molar-refractivity contribution in [2.24, 2.45) is 10.7 Å². The molecule has 0 radical (unpaired) electrons. The van der Waals surface area contributed by atoms with Gasteiger partial charge in [-0.05, 0) is 17.7 Å². The van der Waals surface area contributed by atoms with E-state index < -0.39 is 6.04 Å². The van der Waals surface area contributed by atoms with Crippen LogP contribution in [-0.4, -0.2) is 35.5 Å². The lowest BCUT2D eigenvalue weighted by molar-refractivity contribution is 0.454. The summed E-state index contributed by atoms with van der Waals surface area (Å²) in [5.74, 6) is 4.86. The van der Waals surface area contributed by atoms with Crippen LogP contribution in [0.25, 0.3) is 0 Å². The molecule has 19 heavy (non-hydrogen) atoms. The Labute approximate surface area is 117 Å². The van der Waals surface area contributed by atoms with E-state index in [1.165, 1.54) is 12.1 Å². The van der Waals surface area contributed by atoms with Crippen LogP contribution in [0.3, 0.4) is 0 Å². The molecule has 100 valence electrons. The fourth-order valence-corrected chi connectivity index (χ4v) is 2.76. The van der Waals surface area contributed by atoms with Crippen LogP contribution >= 0.6 is 11.8 Å². The van der Waals surface area contributed by atoms with Crippen molar-refractivity contribution in [2.75, 3.05) is 24.6 Å². The van der Waals surface area contributed by atoms with Crippen molar-refractivity contribution in [2.45, 2.75) is 6.04 Å². The highest BCUT2D eigenvalue weighted by atomic mass is 32.2. The first-order valence-electron chi connectivity index (χ1n) is 6.08. The van der Waals surface area contributed by atoms with Crippen molar-refractivity contribution < 1.29 is 4.39 Å². The minimum atomic E-state index is -0.463. The summed E-state index contributed by atoms with van der Waals surface area (Å²) in [6.45, 7) is 1.78. The number of hydrogen-bond acceptors (Lipinski definition) is 2. The molecule has 0 spiro atoms. The quantitative estimate of drug-likeness (QED) is 0.510.